The summed E-state index contributed by atoms with van der Waals surface area (Å²) in [7, 11) is 3.73. The normalized spacial score (nSPS) is 12.4. The van der Waals surface area contributed by atoms with Crippen molar-refractivity contribution >= 4 is 31.9 Å². The Morgan fingerprint density at radius 1 is 1.29 bits per heavy atom. The third-order valence-corrected chi connectivity index (χ3v) is 5.61. The maximum atomic E-state index is 5.45. The van der Waals surface area contributed by atoms with E-state index in [-0.39, 0.29) is 0 Å². The lowest BCUT2D eigenvalue weighted by molar-refractivity contribution is 0.405. The lowest BCUT2D eigenvalue weighted by atomic mass is 9.96. The van der Waals surface area contributed by atoms with Crippen molar-refractivity contribution < 1.29 is 4.74 Å². The van der Waals surface area contributed by atoms with Gasteiger partial charge < -0.3 is 4.74 Å². The van der Waals surface area contributed by atoms with E-state index in [1.54, 1.807) is 7.11 Å². The Kier molecular flexibility index (Phi) is 5.88. The number of hydrogen-bond donors (Lipinski definition) is 0. The number of halogens is 2. The van der Waals surface area contributed by atoms with Gasteiger partial charge in [-0.1, -0.05) is 34.1 Å². The van der Waals surface area contributed by atoms with E-state index in [1.165, 1.54) is 11.3 Å². The number of nitrogens with zero attached hydrogens (tertiary/aromatic N) is 2. The van der Waals surface area contributed by atoms with Crippen molar-refractivity contribution in [3.63, 3.8) is 0 Å². The van der Waals surface area contributed by atoms with Crippen LogP contribution in [0.4, 0.5) is 0 Å². The third-order valence-electron chi connectivity index (χ3n) is 3.66. The number of methoxy groups -OCH3 is 1. The molecule has 0 saturated carbocycles. The molecule has 0 aliphatic rings. The second-order valence-electron chi connectivity index (χ2n) is 5.21. The topological polar surface area (TPSA) is 27.1 Å². The summed E-state index contributed by atoms with van der Waals surface area (Å²) in [5.74, 6) is 1.45. The molecule has 5 heteroatoms. The average molecular weight is 416 g/mol. The van der Waals surface area contributed by atoms with Gasteiger partial charge in [0, 0.05) is 12.4 Å². The highest BCUT2D eigenvalue weighted by molar-refractivity contribution is 9.10. The number of aryl methyl sites for hydroxylation is 2. The van der Waals surface area contributed by atoms with Gasteiger partial charge in [-0.2, -0.15) is 5.10 Å². The Balaban J connectivity index is 2.17. The lowest BCUT2D eigenvalue weighted by Crippen LogP contribution is -2.13. The molecule has 0 N–H and O–H groups in total. The van der Waals surface area contributed by atoms with Crippen LogP contribution in [0.15, 0.2) is 28.7 Å². The van der Waals surface area contributed by atoms with Crippen LogP contribution in [0.1, 0.15) is 17.0 Å². The summed E-state index contributed by atoms with van der Waals surface area (Å²) in [6.07, 6.45) is 1.95. The molecule has 2 rings (SSSR count). The number of hydrogen-bond acceptors (Lipinski definition) is 2. The third kappa shape index (κ3) is 3.89. The van der Waals surface area contributed by atoms with E-state index < -0.39 is 0 Å². The van der Waals surface area contributed by atoms with Gasteiger partial charge in [-0.15, -0.1) is 0 Å². The van der Waals surface area contributed by atoms with Crippen molar-refractivity contribution in [2.24, 2.45) is 13.0 Å². The van der Waals surface area contributed by atoms with Gasteiger partial charge in [0.2, 0.25) is 0 Å². The molecule has 0 amide bonds. The molecule has 0 spiro atoms. The molecular formula is C16H20Br2N2O. The monoisotopic (exact) mass is 414 g/mol. The van der Waals surface area contributed by atoms with Crippen molar-refractivity contribution in [2.45, 2.75) is 19.8 Å². The van der Waals surface area contributed by atoms with E-state index in [4.69, 9.17) is 4.74 Å². The number of aromatic nitrogens is 2. The predicted molar refractivity (Wildman–Crippen MR) is 93.3 cm³/mol. The molecule has 1 unspecified atom stereocenters. The highest BCUT2D eigenvalue weighted by atomic mass is 79.9. The predicted octanol–water partition coefficient (Wildman–Crippen LogP) is 4.30. The van der Waals surface area contributed by atoms with Crippen molar-refractivity contribution in [2.75, 3.05) is 12.4 Å². The lowest BCUT2D eigenvalue weighted by Gasteiger charge is -2.16. The second-order valence-corrected chi connectivity index (χ2v) is 6.65. The summed E-state index contributed by atoms with van der Waals surface area (Å²) in [5.41, 5.74) is 3.53. The minimum Gasteiger partial charge on any atom is -0.496 e. The molecule has 1 aromatic heterocycles. The zero-order valence-electron chi connectivity index (χ0n) is 12.6. The van der Waals surface area contributed by atoms with Gasteiger partial charge >= 0.3 is 0 Å². The van der Waals surface area contributed by atoms with Gasteiger partial charge in [0.1, 0.15) is 5.75 Å². The van der Waals surface area contributed by atoms with Crippen LogP contribution < -0.4 is 4.74 Å². The van der Waals surface area contributed by atoms with E-state index in [0.717, 1.165) is 34.1 Å². The Labute approximate surface area is 142 Å². The molecule has 0 aliphatic heterocycles. The maximum absolute atomic E-state index is 5.45. The fourth-order valence-corrected chi connectivity index (χ4v) is 3.49. The molecule has 3 nitrogen and oxygen atoms in total. The van der Waals surface area contributed by atoms with Crippen molar-refractivity contribution in [1.29, 1.82) is 0 Å². The van der Waals surface area contributed by atoms with Crippen molar-refractivity contribution in [1.82, 2.24) is 9.78 Å². The molecule has 1 aromatic carbocycles. The maximum Gasteiger partial charge on any atom is 0.122 e. The summed E-state index contributed by atoms with van der Waals surface area (Å²) in [5, 5.41) is 5.41. The summed E-state index contributed by atoms with van der Waals surface area (Å²) in [6.45, 7) is 2.02. The molecule has 1 heterocycles. The van der Waals surface area contributed by atoms with Gasteiger partial charge in [-0.05, 0) is 53.2 Å². The largest absolute Gasteiger partial charge is 0.496 e. The highest BCUT2D eigenvalue weighted by Crippen LogP contribution is 2.27. The van der Waals surface area contributed by atoms with Crippen LogP contribution in [-0.4, -0.2) is 22.2 Å². The summed E-state index contributed by atoms with van der Waals surface area (Å²) in [6, 6.07) is 8.22. The first-order valence-corrected chi connectivity index (χ1v) is 8.84. The number of rotatable bonds is 6. The van der Waals surface area contributed by atoms with Gasteiger partial charge in [0.05, 0.1) is 23.0 Å². The first-order chi connectivity index (χ1) is 10.1. The Hall–Kier alpha value is -0.810. The highest BCUT2D eigenvalue weighted by Gasteiger charge is 2.18. The summed E-state index contributed by atoms with van der Waals surface area (Å²) in [4.78, 5) is 0. The molecule has 1 atom stereocenters. The van der Waals surface area contributed by atoms with Crippen LogP contribution in [-0.2, 0) is 19.9 Å². The van der Waals surface area contributed by atoms with E-state index in [9.17, 15) is 0 Å². The smallest absolute Gasteiger partial charge is 0.122 e. The Morgan fingerprint density at radius 2 is 2.00 bits per heavy atom. The quantitative estimate of drug-likeness (QED) is 0.657. The number of benzene rings is 1. The van der Waals surface area contributed by atoms with Crippen LogP contribution >= 0.6 is 31.9 Å². The van der Waals surface area contributed by atoms with E-state index >= 15 is 0 Å². The first-order valence-electron chi connectivity index (χ1n) is 6.92. The standard InChI is InChI=1S/C16H20Br2N2O/c1-11-16(18)14(20(2)19-11)9-12(10-17)8-13-6-4-5-7-15(13)21-3/h4-7,12H,8-10H2,1-3H3. The minimum atomic E-state index is 0.493. The molecule has 0 bridgehead atoms. The molecule has 0 aliphatic carbocycles. The Morgan fingerprint density at radius 3 is 2.57 bits per heavy atom. The number of ether oxygens (including phenoxy) is 1. The van der Waals surface area contributed by atoms with Gasteiger partial charge in [-0.25, -0.2) is 0 Å². The van der Waals surface area contributed by atoms with Crippen molar-refractivity contribution in [3.8, 4) is 5.75 Å². The molecule has 2 aromatic rings. The van der Waals surface area contributed by atoms with Gasteiger partial charge in [-0.3, -0.25) is 4.68 Å². The SMILES string of the molecule is COc1ccccc1CC(CBr)Cc1c(Br)c(C)nn1C. The second kappa shape index (κ2) is 7.45. The Bertz CT molecular complexity index is 610. The van der Waals surface area contributed by atoms with Crippen LogP contribution in [0.2, 0.25) is 0 Å². The molecule has 0 fully saturated rings. The molecule has 0 saturated heterocycles. The van der Waals surface area contributed by atoms with E-state index in [0.29, 0.717) is 5.92 Å². The fraction of sp³-hybridized carbons (Fsp3) is 0.438. The molecular weight excluding hydrogens is 396 g/mol. The number of alkyl halides is 1. The van der Waals surface area contributed by atoms with E-state index in [2.05, 4.69) is 49.1 Å². The molecule has 0 radical (unpaired) electrons. The average Bonchev–Trinajstić information content (AvgIpc) is 2.73. The fourth-order valence-electron chi connectivity index (χ4n) is 2.54. The zero-order chi connectivity index (χ0) is 15.4. The van der Waals surface area contributed by atoms with Gasteiger partial charge in [0.15, 0.2) is 0 Å². The molecule has 21 heavy (non-hydrogen) atoms. The summed E-state index contributed by atoms with van der Waals surface area (Å²) >= 11 is 7.30. The minimum absolute atomic E-state index is 0.493. The van der Waals surface area contributed by atoms with Crippen LogP contribution in [0, 0.1) is 12.8 Å². The van der Waals surface area contributed by atoms with Crippen LogP contribution in [0.5, 0.6) is 5.75 Å². The number of para-hydroxylation sites is 1. The van der Waals surface area contributed by atoms with Crippen molar-refractivity contribution in [3.05, 3.63) is 45.7 Å². The zero-order valence-corrected chi connectivity index (χ0v) is 15.7. The molecule has 114 valence electrons. The van der Waals surface area contributed by atoms with Crippen LogP contribution in [0.25, 0.3) is 0 Å². The van der Waals surface area contributed by atoms with E-state index in [1.807, 2.05) is 30.8 Å². The van der Waals surface area contributed by atoms with Gasteiger partial charge in [0.25, 0.3) is 0 Å². The first kappa shape index (κ1) is 16.6. The summed E-state index contributed by atoms with van der Waals surface area (Å²) < 4.78 is 8.54. The van der Waals surface area contributed by atoms with Crippen LogP contribution in [0.3, 0.4) is 0 Å².